The summed E-state index contributed by atoms with van der Waals surface area (Å²) in [6.07, 6.45) is 2.93. The van der Waals surface area contributed by atoms with E-state index in [9.17, 15) is 4.79 Å². The molecule has 4 nitrogen and oxygen atoms in total. The van der Waals surface area contributed by atoms with Crippen LogP contribution in [0.5, 0.6) is 0 Å². The molecule has 1 heterocycles. The van der Waals surface area contributed by atoms with E-state index in [0.717, 1.165) is 5.57 Å². The first-order valence-electron chi connectivity index (χ1n) is 3.72. The third-order valence-corrected chi connectivity index (χ3v) is 2.09. The highest BCUT2D eigenvalue weighted by atomic mass is 79.9. The number of aromatic nitrogens is 2. The van der Waals surface area contributed by atoms with Crippen molar-refractivity contribution in [3.05, 3.63) is 39.5 Å². The summed E-state index contributed by atoms with van der Waals surface area (Å²) in [4.78, 5) is 15.3. The minimum absolute atomic E-state index is 0.121. The fraction of sp³-hybridized carbons (Fsp3) is 0.250. The Labute approximate surface area is 84.2 Å². The largest absolute Gasteiger partial charge is 0.327 e. The quantitative estimate of drug-likeness (QED) is 0.788. The van der Waals surface area contributed by atoms with E-state index in [-0.39, 0.29) is 5.56 Å². The molecule has 1 aromatic rings. The Morgan fingerprint density at radius 1 is 1.77 bits per heavy atom. The molecule has 0 fully saturated rings. The monoisotopic (exact) mass is 243 g/mol. The van der Waals surface area contributed by atoms with Crippen molar-refractivity contribution < 1.29 is 0 Å². The van der Waals surface area contributed by atoms with Crippen LogP contribution in [0, 0.1) is 0 Å². The van der Waals surface area contributed by atoms with Crippen LogP contribution in [-0.2, 0) is 6.54 Å². The predicted octanol–water partition coefficient (Wildman–Crippen LogP) is 0.521. The maximum absolute atomic E-state index is 11.4. The average molecular weight is 244 g/mol. The van der Waals surface area contributed by atoms with Gasteiger partial charge in [0.1, 0.15) is 4.47 Å². The first-order valence-corrected chi connectivity index (χ1v) is 4.51. The Bertz CT molecular complexity index is 372. The molecule has 1 rings (SSSR count). The molecule has 0 aromatic carbocycles. The third-order valence-electron chi connectivity index (χ3n) is 1.54. The molecule has 5 heteroatoms. The highest BCUT2D eigenvalue weighted by Crippen LogP contribution is 1.99. The van der Waals surface area contributed by atoms with Gasteiger partial charge in [-0.2, -0.15) is 0 Å². The van der Waals surface area contributed by atoms with Crippen LogP contribution in [0.3, 0.4) is 0 Å². The van der Waals surface area contributed by atoms with Gasteiger partial charge in [-0.15, -0.1) is 0 Å². The van der Waals surface area contributed by atoms with Gasteiger partial charge in [-0.05, 0) is 21.5 Å². The summed E-state index contributed by atoms with van der Waals surface area (Å²) in [5, 5.41) is 0. The van der Waals surface area contributed by atoms with Crippen LogP contribution in [0.4, 0.5) is 0 Å². The van der Waals surface area contributed by atoms with Gasteiger partial charge in [-0.25, -0.2) is 4.98 Å². The van der Waals surface area contributed by atoms with Gasteiger partial charge in [0.15, 0.2) is 0 Å². The first kappa shape index (κ1) is 10.1. The molecular formula is C8H10BrN3O. The molecule has 0 saturated heterocycles. The van der Waals surface area contributed by atoms with Gasteiger partial charge in [0, 0.05) is 19.3 Å². The lowest BCUT2D eigenvalue weighted by molar-refractivity contribution is 0.711. The summed E-state index contributed by atoms with van der Waals surface area (Å²) in [7, 11) is 0. The van der Waals surface area contributed by atoms with Crippen molar-refractivity contribution in [1.82, 2.24) is 9.55 Å². The molecule has 1 aromatic heterocycles. The van der Waals surface area contributed by atoms with E-state index in [1.54, 1.807) is 0 Å². The second-order valence-corrected chi connectivity index (χ2v) is 3.48. The van der Waals surface area contributed by atoms with Crippen LogP contribution >= 0.6 is 15.9 Å². The van der Waals surface area contributed by atoms with Crippen LogP contribution in [0.15, 0.2) is 33.9 Å². The van der Waals surface area contributed by atoms with E-state index in [0.29, 0.717) is 17.6 Å². The topological polar surface area (TPSA) is 60.9 Å². The van der Waals surface area contributed by atoms with Crippen LogP contribution in [0.25, 0.3) is 0 Å². The van der Waals surface area contributed by atoms with E-state index >= 15 is 0 Å². The molecule has 70 valence electrons. The fourth-order valence-electron chi connectivity index (χ4n) is 0.842. The smallest absolute Gasteiger partial charge is 0.267 e. The van der Waals surface area contributed by atoms with Gasteiger partial charge < -0.3 is 5.73 Å². The second kappa shape index (κ2) is 4.34. The van der Waals surface area contributed by atoms with Crippen LogP contribution in [-0.4, -0.2) is 16.1 Å². The lowest BCUT2D eigenvalue weighted by atomic mass is 10.3. The molecule has 0 amide bonds. The SMILES string of the molecule is C=C(CN)Cn1cncc(Br)c1=O. The van der Waals surface area contributed by atoms with E-state index < -0.39 is 0 Å². The van der Waals surface area contributed by atoms with Crippen molar-refractivity contribution in [2.75, 3.05) is 6.54 Å². The average Bonchev–Trinajstić information content (AvgIpc) is 2.13. The van der Waals surface area contributed by atoms with Crippen molar-refractivity contribution in [3.63, 3.8) is 0 Å². The standard InChI is InChI=1S/C8H10BrN3O/c1-6(2-10)4-12-5-11-3-7(9)8(12)13/h3,5H,1-2,4,10H2. The summed E-state index contributed by atoms with van der Waals surface area (Å²) < 4.78 is 1.90. The fourth-order valence-corrected chi connectivity index (χ4v) is 1.19. The molecule has 0 atom stereocenters. The Morgan fingerprint density at radius 2 is 2.46 bits per heavy atom. The molecule has 0 aliphatic heterocycles. The molecule has 0 unspecified atom stereocenters. The highest BCUT2D eigenvalue weighted by molar-refractivity contribution is 9.10. The summed E-state index contributed by atoms with van der Waals surface area (Å²) in [6.45, 7) is 4.50. The van der Waals surface area contributed by atoms with Crippen LogP contribution in [0.2, 0.25) is 0 Å². The molecule has 2 N–H and O–H groups in total. The molecule has 0 aliphatic carbocycles. The summed E-state index contributed by atoms with van der Waals surface area (Å²) in [5.41, 5.74) is 6.03. The molecule has 0 aliphatic rings. The molecule has 0 spiro atoms. The predicted molar refractivity (Wildman–Crippen MR) is 54.4 cm³/mol. The zero-order chi connectivity index (χ0) is 9.84. The summed E-state index contributed by atoms with van der Waals surface area (Å²) >= 11 is 3.10. The summed E-state index contributed by atoms with van der Waals surface area (Å²) in [6, 6.07) is 0. The Hall–Kier alpha value is -0.940. The summed E-state index contributed by atoms with van der Waals surface area (Å²) in [5.74, 6) is 0. The number of halogens is 1. The molecule has 0 bridgehead atoms. The van der Waals surface area contributed by atoms with Gasteiger partial charge in [0.05, 0.1) is 6.33 Å². The molecule has 0 radical (unpaired) electrons. The van der Waals surface area contributed by atoms with Crippen molar-refractivity contribution in [3.8, 4) is 0 Å². The Balaban J connectivity index is 2.96. The maximum Gasteiger partial charge on any atom is 0.267 e. The maximum atomic E-state index is 11.4. The van der Waals surface area contributed by atoms with Crippen molar-refractivity contribution in [2.24, 2.45) is 5.73 Å². The lowest BCUT2D eigenvalue weighted by Crippen LogP contribution is -2.23. The number of rotatable bonds is 3. The van der Waals surface area contributed by atoms with Gasteiger partial charge in [0.25, 0.3) is 5.56 Å². The number of hydrogen-bond donors (Lipinski definition) is 1. The Morgan fingerprint density at radius 3 is 3.08 bits per heavy atom. The van der Waals surface area contributed by atoms with Gasteiger partial charge in [-0.3, -0.25) is 9.36 Å². The van der Waals surface area contributed by atoms with Crippen molar-refractivity contribution >= 4 is 15.9 Å². The van der Waals surface area contributed by atoms with Crippen LogP contribution in [0.1, 0.15) is 0 Å². The second-order valence-electron chi connectivity index (χ2n) is 2.63. The van der Waals surface area contributed by atoms with E-state index in [4.69, 9.17) is 5.73 Å². The van der Waals surface area contributed by atoms with Crippen molar-refractivity contribution in [2.45, 2.75) is 6.54 Å². The van der Waals surface area contributed by atoms with Gasteiger partial charge in [-0.1, -0.05) is 6.58 Å². The number of hydrogen-bond acceptors (Lipinski definition) is 3. The Kier molecular flexibility index (Phi) is 3.39. The van der Waals surface area contributed by atoms with Gasteiger partial charge in [0.2, 0.25) is 0 Å². The van der Waals surface area contributed by atoms with Crippen molar-refractivity contribution in [1.29, 1.82) is 0 Å². The molecular weight excluding hydrogens is 234 g/mol. The van der Waals surface area contributed by atoms with Gasteiger partial charge >= 0.3 is 0 Å². The van der Waals surface area contributed by atoms with Crippen LogP contribution < -0.4 is 11.3 Å². The zero-order valence-corrected chi connectivity index (χ0v) is 8.62. The highest BCUT2D eigenvalue weighted by Gasteiger charge is 2.00. The first-order chi connectivity index (χ1) is 6.15. The number of nitrogens with two attached hydrogens (primary N) is 1. The zero-order valence-electron chi connectivity index (χ0n) is 7.03. The van der Waals surface area contributed by atoms with E-state index in [2.05, 4.69) is 27.5 Å². The molecule has 13 heavy (non-hydrogen) atoms. The van der Waals surface area contributed by atoms with E-state index in [1.807, 2.05) is 0 Å². The number of nitrogens with zero attached hydrogens (tertiary/aromatic N) is 2. The van der Waals surface area contributed by atoms with E-state index in [1.165, 1.54) is 17.1 Å². The minimum Gasteiger partial charge on any atom is -0.327 e. The lowest BCUT2D eigenvalue weighted by Gasteiger charge is -2.05. The third kappa shape index (κ3) is 2.50. The normalized spacial score (nSPS) is 10.0. The molecule has 0 saturated carbocycles. The minimum atomic E-state index is -0.121.